The van der Waals surface area contributed by atoms with E-state index < -0.39 is 0 Å². The normalized spacial score (nSPS) is 14.2. The van der Waals surface area contributed by atoms with Gasteiger partial charge in [-0.3, -0.25) is 0 Å². The Bertz CT molecular complexity index is 129. The SMILES string of the molecule is CCC(OC(C)C)PCCCCCCP. The van der Waals surface area contributed by atoms with Crippen molar-refractivity contribution >= 4 is 17.8 Å². The van der Waals surface area contributed by atoms with E-state index in [2.05, 4.69) is 30.0 Å². The zero-order valence-corrected chi connectivity index (χ0v) is 12.7. The molecule has 0 spiro atoms. The van der Waals surface area contributed by atoms with Crippen molar-refractivity contribution in [3.05, 3.63) is 0 Å². The third kappa shape index (κ3) is 11.1. The van der Waals surface area contributed by atoms with Crippen molar-refractivity contribution in [1.82, 2.24) is 0 Å². The smallest absolute Gasteiger partial charge is 0.0737 e. The third-order valence-corrected chi connectivity index (χ3v) is 4.36. The van der Waals surface area contributed by atoms with Gasteiger partial charge in [-0.05, 0) is 45.4 Å². The summed E-state index contributed by atoms with van der Waals surface area (Å²) in [5.41, 5.74) is 0. The lowest BCUT2D eigenvalue weighted by Crippen LogP contribution is -2.12. The van der Waals surface area contributed by atoms with Crippen molar-refractivity contribution in [3.8, 4) is 0 Å². The minimum absolute atomic E-state index is 0.388. The molecule has 0 radical (unpaired) electrons. The van der Waals surface area contributed by atoms with Gasteiger partial charge in [-0.1, -0.05) is 28.3 Å². The van der Waals surface area contributed by atoms with Gasteiger partial charge in [0.05, 0.1) is 11.9 Å². The predicted octanol–water partition coefficient (Wildman–Crippen LogP) is 4.26. The maximum Gasteiger partial charge on any atom is 0.0737 e. The first-order valence-corrected chi connectivity index (χ1v) is 8.39. The minimum atomic E-state index is 0.388. The lowest BCUT2D eigenvalue weighted by atomic mass is 10.2. The second kappa shape index (κ2) is 11.3. The molecule has 0 fully saturated rings. The quantitative estimate of drug-likeness (QED) is 0.416. The van der Waals surface area contributed by atoms with Crippen LogP contribution in [0.3, 0.4) is 0 Å². The molecule has 0 aliphatic heterocycles. The first kappa shape index (κ1) is 15.8. The molecular formula is C12H28OP2. The maximum absolute atomic E-state index is 5.84. The van der Waals surface area contributed by atoms with E-state index in [1.54, 1.807) is 0 Å². The molecule has 0 aromatic rings. The highest BCUT2D eigenvalue weighted by Crippen LogP contribution is 2.25. The van der Waals surface area contributed by atoms with Crippen LogP contribution in [-0.4, -0.2) is 24.3 Å². The molecule has 0 bridgehead atoms. The summed E-state index contributed by atoms with van der Waals surface area (Å²) in [5, 5.41) is 0. The van der Waals surface area contributed by atoms with Gasteiger partial charge in [0.25, 0.3) is 0 Å². The fraction of sp³-hybridized carbons (Fsp3) is 1.00. The number of hydrogen-bond acceptors (Lipinski definition) is 1. The number of rotatable bonds is 10. The average molecular weight is 250 g/mol. The summed E-state index contributed by atoms with van der Waals surface area (Å²) in [4.78, 5) is 0. The van der Waals surface area contributed by atoms with Gasteiger partial charge in [0.1, 0.15) is 0 Å². The van der Waals surface area contributed by atoms with E-state index in [0.717, 1.165) is 8.58 Å². The van der Waals surface area contributed by atoms with Gasteiger partial charge in [0.15, 0.2) is 0 Å². The molecule has 0 aliphatic carbocycles. The molecule has 0 rings (SSSR count). The molecule has 0 aliphatic rings. The van der Waals surface area contributed by atoms with Crippen LogP contribution < -0.4 is 0 Å². The van der Waals surface area contributed by atoms with Crippen LogP contribution in [0.15, 0.2) is 0 Å². The van der Waals surface area contributed by atoms with Crippen LogP contribution in [-0.2, 0) is 4.74 Å². The van der Waals surface area contributed by atoms with E-state index in [1.807, 2.05) is 0 Å². The Labute approximate surface area is 100 Å². The molecule has 0 aromatic heterocycles. The van der Waals surface area contributed by atoms with Crippen molar-refractivity contribution in [2.45, 2.75) is 64.8 Å². The van der Waals surface area contributed by atoms with Gasteiger partial charge in [0.2, 0.25) is 0 Å². The standard InChI is InChI=1S/C12H28OP2/c1-4-12(13-11(2)3)15-10-8-6-5-7-9-14/h11-12,15H,4-10,14H2,1-3H3. The third-order valence-electron chi connectivity index (χ3n) is 2.31. The molecule has 3 heteroatoms. The maximum atomic E-state index is 5.84. The molecule has 0 saturated heterocycles. The van der Waals surface area contributed by atoms with Gasteiger partial charge < -0.3 is 4.74 Å². The zero-order chi connectivity index (χ0) is 11.5. The Morgan fingerprint density at radius 2 is 1.80 bits per heavy atom. The second-order valence-corrected chi connectivity index (χ2v) is 6.37. The lowest BCUT2D eigenvalue weighted by Gasteiger charge is -2.18. The van der Waals surface area contributed by atoms with E-state index in [0.29, 0.717) is 11.9 Å². The van der Waals surface area contributed by atoms with Crippen LogP contribution in [0.25, 0.3) is 0 Å². The Morgan fingerprint density at radius 1 is 1.13 bits per heavy atom. The van der Waals surface area contributed by atoms with Gasteiger partial charge in [0, 0.05) is 0 Å². The molecule has 0 heterocycles. The fourth-order valence-corrected chi connectivity index (χ4v) is 3.22. The molecule has 3 atom stereocenters. The van der Waals surface area contributed by atoms with Crippen LogP contribution in [0.5, 0.6) is 0 Å². The molecule has 92 valence electrons. The Balaban J connectivity index is 3.30. The Morgan fingerprint density at radius 3 is 2.33 bits per heavy atom. The van der Waals surface area contributed by atoms with Crippen LogP contribution in [0.2, 0.25) is 0 Å². The van der Waals surface area contributed by atoms with Gasteiger partial charge >= 0.3 is 0 Å². The number of ether oxygens (including phenoxy) is 1. The highest BCUT2D eigenvalue weighted by Gasteiger charge is 2.07. The highest BCUT2D eigenvalue weighted by molar-refractivity contribution is 7.38. The first-order valence-electron chi connectivity index (χ1n) is 6.29. The Kier molecular flexibility index (Phi) is 11.9. The van der Waals surface area contributed by atoms with E-state index in [1.165, 1.54) is 44.4 Å². The van der Waals surface area contributed by atoms with Crippen LogP contribution in [0.4, 0.5) is 0 Å². The van der Waals surface area contributed by atoms with Crippen LogP contribution in [0, 0.1) is 0 Å². The lowest BCUT2D eigenvalue weighted by molar-refractivity contribution is 0.0555. The monoisotopic (exact) mass is 250 g/mol. The fourth-order valence-electron chi connectivity index (χ4n) is 1.50. The van der Waals surface area contributed by atoms with E-state index in [9.17, 15) is 0 Å². The largest absolute Gasteiger partial charge is 0.371 e. The summed E-state index contributed by atoms with van der Waals surface area (Å²) >= 11 is 0. The molecule has 0 aromatic carbocycles. The number of hydrogen-bond donors (Lipinski definition) is 0. The molecule has 3 unspecified atom stereocenters. The summed E-state index contributed by atoms with van der Waals surface area (Å²) < 4.78 is 5.84. The summed E-state index contributed by atoms with van der Waals surface area (Å²) in [7, 11) is 3.80. The van der Waals surface area contributed by atoms with Gasteiger partial charge in [-0.15, -0.1) is 9.24 Å². The van der Waals surface area contributed by atoms with E-state index in [4.69, 9.17) is 4.74 Å². The van der Waals surface area contributed by atoms with Crippen molar-refractivity contribution in [2.24, 2.45) is 0 Å². The minimum Gasteiger partial charge on any atom is -0.371 e. The van der Waals surface area contributed by atoms with Crippen molar-refractivity contribution in [3.63, 3.8) is 0 Å². The molecule has 0 saturated carbocycles. The molecule has 15 heavy (non-hydrogen) atoms. The molecule has 0 amide bonds. The second-order valence-electron chi connectivity index (χ2n) is 4.24. The van der Waals surface area contributed by atoms with E-state index in [-0.39, 0.29) is 0 Å². The number of unbranched alkanes of at least 4 members (excludes halogenated alkanes) is 3. The van der Waals surface area contributed by atoms with Crippen molar-refractivity contribution < 1.29 is 4.74 Å². The zero-order valence-electron chi connectivity index (χ0n) is 10.6. The van der Waals surface area contributed by atoms with Gasteiger partial charge in [-0.2, -0.15) is 0 Å². The first-order chi connectivity index (χ1) is 7.20. The highest BCUT2D eigenvalue weighted by atomic mass is 31.1. The topological polar surface area (TPSA) is 9.23 Å². The summed E-state index contributed by atoms with van der Waals surface area (Å²) in [5.74, 6) is 0.520. The average Bonchev–Trinajstić information content (AvgIpc) is 2.20. The van der Waals surface area contributed by atoms with Crippen molar-refractivity contribution in [2.75, 3.05) is 12.3 Å². The van der Waals surface area contributed by atoms with E-state index >= 15 is 0 Å². The van der Waals surface area contributed by atoms with Gasteiger partial charge in [-0.25, -0.2) is 0 Å². The Hall–Kier alpha value is 0.820. The molecular weight excluding hydrogens is 222 g/mol. The summed E-state index contributed by atoms with van der Waals surface area (Å²) in [6, 6.07) is 0. The summed E-state index contributed by atoms with van der Waals surface area (Å²) in [6.07, 6.45) is 9.74. The predicted molar refractivity (Wildman–Crippen MR) is 76.5 cm³/mol. The van der Waals surface area contributed by atoms with Crippen LogP contribution in [0.1, 0.15) is 52.9 Å². The van der Waals surface area contributed by atoms with Crippen LogP contribution >= 0.6 is 17.8 Å². The molecule has 1 nitrogen and oxygen atoms in total. The van der Waals surface area contributed by atoms with Crippen molar-refractivity contribution in [1.29, 1.82) is 0 Å². The summed E-state index contributed by atoms with van der Waals surface area (Å²) in [6.45, 7) is 6.49. The molecule has 0 N–H and O–H groups in total.